The van der Waals surface area contributed by atoms with E-state index in [2.05, 4.69) is 20.4 Å². The molecule has 33 heavy (non-hydrogen) atoms. The number of carbonyl (C=O) groups excluding carboxylic acids is 1. The van der Waals surface area contributed by atoms with Gasteiger partial charge in [-0.05, 0) is 61.0 Å². The van der Waals surface area contributed by atoms with Gasteiger partial charge in [-0.1, -0.05) is 0 Å². The Morgan fingerprint density at radius 3 is 2.55 bits per heavy atom. The van der Waals surface area contributed by atoms with E-state index in [1.165, 1.54) is 12.4 Å². The van der Waals surface area contributed by atoms with Crippen molar-refractivity contribution in [2.45, 2.75) is 28.9 Å². The third-order valence-corrected chi connectivity index (χ3v) is 6.67. The minimum absolute atomic E-state index is 0.0127. The Labute approximate surface area is 195 Å². The number of rotatable bonds is 7. The van der Waals surface area contributed by atoms with Gasteiger partial charge in [0.15, 0.2) is 5.16 Å². The van der Waals surface area contributed by atoms with Gasteiger partial charge in [0.25, 0.3) is 11.6 Å². The topological polar surface area (TPSA) is 115 Å². The van der Waals surface area contributed by atoms with Crippen LogP contribution in [0, 0.1) is 10.1 Å². The summed E-state index contributed by atoms with van der Waals surface area (Å²) >= 11 is 1.13. The van der Waals surface area contributed by atoms with Gasteiger partial charge in [-0.2, -0.15) is 0 Å². The number of methoxy groups -OCH3 is 1. The average Bonchev–Trinajstić information content (AvgIpc) is 3.24. The summed E-state index contributed by atoms with van der Waals surface area (Å²) in [6, 6.07) is 12.4. The van der Waals surface area contributed by atoms with Crippen molar-refractivity contribution in [3.05, 3.63) is 64.5 Å². The van der Waals surface area contributed by atoms with E-state index in [4.69, 9.17) is 4.74 Å². The highest BCUT2D eigenvalue weighted by Crippen LogP contribution is 2.34. The van der Waals surface area contributed by atoms with Gasteiger partial charge in [-0.25, -0.2) is 0 Å². The van der Waals surface area contributed by atoms with Crippen LogP contribution in [0.5, 0.6) is 5.75 Å². The molecule has 4 rings (SSSR count). The Kier molecular flexibility index (Phi) is 6.78. The number of aryl methyl sites for hydroxylation is 1. The van der Waals surface area contributed by atoms with Crippen LogP contribution in [0.15, 0.2) is 58.8 Å². The molecule has 2 heterocycles. The summed E-state index contributed by atoms with van der Waals surface area (Å²) in [5.41, 5.74) is 1.25. The normalized spacial score (nSPS) is 14.2. The Balaban J connectivity index is 1.38. The van der Waals surface area contributed by atoms with Crippen molar-refractivity contribution in [1.82, 2.24) is 20.1 Å². The first kappa shape index (κ1) is 22.6. The van der Waals surface area contributed by atoms with Gasteiger partial charge in [-0.3, -0.25) is 14.9 Å². The molecule has 1 amide bonds. The molecule has 1 aliphatic heterocycles. The number of nitro benzene ring substituents is 1. The molecule has 0 atom stereocenters. The summed E-state index contributed by atoms with van der Waals surface area (Å²) in [5, 5.41) is 22.9. The van der Waals surface area contributed by atoms with Gasteiger partial charge in [0.2, 0.25) is 0 Å². The number of hydrogen-bond acceptors (Lipinski definition) is 8. The van der Waals surface area contributed by atoms with Gasteiger partial charge >= 0.3 is 0 Å². The third-order valence-electron chi connectivity index (χ3n) is 5.56. The number of ether oxygens (including phenoxy) is 1. The third kappa shape index (κ3) is 5.25. The van der Waals surface area contributed by atoms with Crippen molar-refractivity contribution in [3.63, 3.8) is 0 Å². The van der Waals surface area contributed by atoms with E-state index in [0.717, 1.165) is 49.1 Å². The molecular formula is C22H24N6O4S. The SMILES string of the molecule is COc1ccc(N2CCC(NC(=O)c3ccc(Sc4nncn4C)c([N+](=O)[O-])c3)CC2)cc1. The number of nitrogens with one attached hydrogen (secondary N) is 1. The molecule has 1 saturated heterocycles. The van der Waals surface area contributed by atoms with Crippen LogP contribution >= 0.6 is 11.8 Å². The fourth-order valence-electron chi connectivity index (χ4n) is 3.69. The zero-order valence-corrected chi connectivity index (χ0v) is 19.1. The van der Waals surface area contributed by atoms with E-state index in [9.17, 15) is 14.9 Å². The number of hydrogen-bond donors (Lipinski definition) is 1. The lowest BCUT2D eigenvalue weighted by Crippen LogP contribution is -2.44. The zero-order valence-electron chi connectivity index (χ0n) is 18.3. The number of nitrogens with zero attached hydrogens (tertiary/aromatic N) is 5. The van der Waals surface area contributed by atoms with Gasteiger partial charge < -0.3 is 19.5 Å². The number of piperidine rings is 1. The second kappa shape index (κ2) is 9.90. The molecule has 0 spiro atoms. The number of nitro groups is 1. The van der Waals surface area contributed by atoms with Crippen LogP contribution in [-0.2, 0) is 7.05 Å². The molecule has 11 heteroatoms. The second-order valence-electron chi connectivity index (χ2n) is 7.70. The number of anilines is 1. The van der Waals surface area contributed by atoms with Crippen LogP contribution in [0.1, 0.15) is 23.2 Å². The summed E-state index contributed by atoms with van der Waals surface area (Å²) in [4.78, 5) is 26.6. The molecule has 0 radical (unpaired) electrons. The van der Waals surface area contributed by atoms with Crippen molar-refractivity contribution in [3.8, 4) is 5.75 Å². The summed E-state index contributed by atoms with van der Waals surface area (Å²) in [6.07, 6.45) is 3.11. The number of aromatic nitrogens is 3. The van der Waals surface area contributed by atoms with Crippen molar-refractivity contribution in [2.24, 2.45) is 7.05 Å². The maximum absolute atomic E-state index is 12.8. The van der Waals surface area contributed by atoms with E-state index in [1.54, 1.807) is 30.9 Å². The molecule has 10 nitrogen and oxygen atoms in total. The Morgan fingerprint density at radius 1 is 1.21 bits per heavy atom. The maximum atomic E-state index is 12.8. The molecule has 1 aliphatic rings. The standard InChI is InChI=1S/C22H24N6O4S/c1-26-14-23-25-22(26)33-20-8-3-15(13-19(20)28(30)31)21(29)24-16-9-11-27(12-10-16)17-4-6-18(32-2)7-5-17/h3-8,13-14,16H,9-12H2,1-2H3,(H,24,29). The molecule has 0 unspecified atom stereocenters. The van der Waals surface area contributed by atoms with Gasteiger partial charge in [0.05, 0.1) is 16.9 Å². The Morgan fingerprint density at radius 2 is 1.94 bits per heavy atom. The lowest BCUT2D eigenvalue weighted by Gasteiger charge is -2.34. The Hall–Kier alpha value is -3.60. The van der Waals surface area contributed by atoms with Crippen LogP contribution in [0.2, 0.25) is 0 Å². The first-order chi connectivity index (χ1) is 15.9. The highest BCUT2D eigenvalue weighted by Gasteiger charge is 2.24. The summed E-state index contributed by atoms with van der Waals surface area (Å²) in [7, 11) is 3.40. The monoisotopic (exact) mass is 468 g/mol. The number of amides is 1. The second-order valence-corrected chi connectivity index (χ2v) is 8.71. The molecule has 0 aliphatic carbocycles. The minimum atomic E-state index is -0.483. The highest BCUT2D eigenvalue weighted by atomic mass is 32.2. The average molecular weight is 469 g/mol. The number of carbonyl (C=O) groups is 1. The van der Waals surface area contributed by atoms with Gasteiger partial charge in [-0.15, -0.1) is 10.2 Å². The first-order valence-corrected chi connectivity index (χ1v) is 11.3. The summed E-state index contributed by atoms with van der Waals surface area (Å²) in [5.74, 6) is 0.507. The molecule has 0 bridgehead atoms. The lowest BCUT2D eigenvalue weighted by molar-refractivity contribution is -0.387. The smallest absolute Gasteiger partial charge is 0.284 e. The van der Waals surface area contributed by atoms with Crippen LogP contribution in [0.3, 0.4) is 0 Å². The summed E-state index contributed by atoms with van der Waals surface area (Å²) < 4.78 is 6.88. The first-order valence-electron chi connectivity index (χ1n) is 10.4. The predicted molar refractivity (Wildman–Crippen MR) is 124 cm³/mol. The van der Waals surface area contributed by atoms with E-state index < -0.39 is 4.92 Å². The molecule has 2 aromatic carbocycles. The lowest BCUT2D eigenvalue weighted by atomic mass is 10.0. The van der Waals surface area contributed by atoms with Crippen molar-refractivity contribution in [2.75, 3.05) is 25.1 Å². The van der Waals surface area contributed by atoms with E-state index in [1.807, 2.05) is 24.3 Å². The van der Waals surface area contributed by atoms with Crippen molar-refractivity contribution >= 4 is 29.0 Å². The van der Waals surface area contributed by atoms with Gasteiger partial charge in [0, 0.05) is 43.5 Å². The molecule has 1 aromatic heterocycles. The van der Waals surface area contributed by atoms with E-state index >= 15 is 0 Å². The van der Waals surface area contributed by atoms with Crippen molar-refractivity contribution < 1.29 is 14.5 Å². The summed E-state index contributed by atoms with van der Waals surface area (Å²) in [6.45, 7) is 1.62. The van der Waals surface area contributed by atoms with Crippen LogP contribution in [0.25, 0.3) is 0 Å². The zero-order chi connectivity index (χ0) is 23.4. The molecule has 3 aromatic rings. The van der Waals surface area contributed by atoms with Crippen LogP contribution < -0.4 is 15.0 Å². The van der Waals surface area contributed by atoms with Crippen molar-refractivity contribution in [1.29, 1.82) is 0 Å². The van der Waals surface area contributed by atoms with Crippen LogP contribution in [0.4, 0.5) is 11.4 Å². The minimum Gasteiger partial charge on any atom is -0.497 e. The molecule has 0 saturated carbocycles. The fourth-order valence-corrected chi connectivity index (χ4v) is 4.54. The highest BCUT2D eigenvalue weighted by molar-refractivity contribution is 7.99. The maximum Gasteiger partial charge on any atom is 0.284 e. The Bertz CT molecular complexity index is 1140. The quantitative estimate of drug-likeness (QED) is 0.415. The number of benzene rings is 2. The van der Waals surface area contributed by atoms with E-state index in [0.29, 0.717) is 10.1 Å². The largest absolute Gasteiger partial charge is 0.497 e. The molecule has 1 N–H and O–H groups in total. The van der Waals surface area contributed by atoms with Gasteiger partial charge in [0.1, 0.15) is 12.1 Å². The van der Waals surface area contributed by atoms with Crippen LogP contribution in [-0.4, -0.2) is 51.8 Å². The molecule has 1 fully saturated rings. The molecule has 172 valence electrons. The fraction of sp³-hybridized carbons (Fsp3) is 0.318. The molecular weight excluding hydrogens is 444 g/mol. The predicted octanol–water partition coefficient (Wildman–Crippen LogP) is 3.28. The van der Waals surface area contributed by atoms with E-state index in [-0.39, 0.29) is 23.2 Å².